The molecule has 0 atom stereocenters. The second-order valence-corrected chi connectivity index (χ2v) is 2.35. The van der Waals surface area contributed by atoms with Crippen LogP contribution in [0.15, 0.2) is 48.5 Å². The molecule has 0 fully saturated rings. The minimum Gasteiger partial charge on any atom is -0.0616 e. The zero-order chi connectivity index (χ0) is 6.81. The summed E-state index contributed by atoms with van der Waals surface area (Å²) in [4.78, 5) is 0. The van der Waals surface area contributed by atoms with Crippen LogP contribution in [0.5, 0.6) is 0 Å². The third-order valence-corrected chi connectivity index (χ3v) is 1.66. The van der Waals surface area contributed by atoms with Crippen molar-refractivity contribution >= 4 is 10.8 Å². The molecule has 0 aliphatic carbocycles. The molecule has 1 heteroatoms. The predicted molar refractivity (Wildman–Crippen MR) is 43.9 cm³/mol. The fourth-order valence-corrected chi connectivity index (χ4v) is 1.13. The number of rotatable bonds is 0. The Labute approximate surface area is 79.6 Å². The molecule has 0 spiro atoms. The minimum absolute atomic E-state index is 0. The maximum Gasteiger partial charge on any atom is 3.00 e. The summed E-state index contributed by atoms with van der Waals surface area (Å²) in [5.41, 5.74) is 0. The molecule has 0 heterocycles. The zero-order valence-electron chi connectivity index (χ0n) is 5.95. The Balaban J connectivity index is 0.000000605. The molecule has 2 aromatic carbocycles. The van der Waals surface area contributed by atoms with Crippen molar-refractivity contribution in [2.75, 3.05) is 0 Å². The van der Waals surface area contributed by atoms with Crippen molar-refractivity contribution in [3.05, 3.63) is 48.5 Å². The van der Waals surface area contributed by atoms with Gasteiger partial charge in [-0.05, 0) is 10.8 Å². The van der Waals surface area contributed by atoms with Crippen LogP contribution in [0.1, 0.15) is 0 Å². The smallest absolute Gasteiger partial charge is 0.0616 e. The van der Waals surface area contributed by atoms with Crippen LogP contribution in [-0.4, -0.2) is 0 Å². The van der Waals surface area contributed by atoms with Gasteiger partial charge in [-0.25, -0.2) is 0 Å². The monoisotopic (exact) mass is 321 g/mol. The molecule has 0 aliphatic heterocycles. The zero-order valence-corrected chi connectivity index (χ0v) is 8.35. The van der Waals surface area contributed by atoms with Gasteiger partial charge in [-0.15, -0.1) is 0 Å². The van der Waals surface area contributed by atoms with E-state index in [9.17, 15) is 0 Å². The number of hydrogen-bond donors (Lipinski definition) is 0. The van der Waals surface area contributed by atoms with Gasteiger partial charge < -0.3 is 0 Å². The summed E-state index contributed by atoms with van der Waals surface area (Å²) in [6.45, 7) is 0. The van der Waals surface area contributed by atoms with Crippen LogP contribution in [0, 0.1) is 0 Å². The summed E-state index contributed by atoms with van der Waals surface area (Å²) in [7, 11) is 0. The third-order valence-electron chi connectivity index (χ3n) is 1.66. The Bertz CT molecular complexity index is 276. The Hall–Kier alpha value is -0.651. The first-order chi connectivity index (χ1) is 4.97. The van der Waals surface area contributed by atoms with E-state index in [1.54, 1.807) is 0 Å². The van der Waals surface area contributed by atoms with Gasteiger partial charge in [0.15, 0.2) is 0 Å². The average Bonchev–Trinajstić information content (AvgIpc) is 2.05. The first kappa shape index (κ1) is 8.45. The topological polar surface area (TPSA) is 0 Å². The van der Waals surface area contributed by atoms with E-state index in [-0.39, 0.29) is 20.1 Å². The summed E-state index contributed by atoms with van der Waals surface area (Å²) in [6.07, 6.45) is 0. The maximum atomic E-state index is 2.12. The van der Waals surface area contributed by atoms with Crippen molar-refractivity contribution in [1.29, 1.82) is 0 Å². The summed E-state index contributed by atoms with van der Waals surface area (Å²) < 4.78 is 0. The van der Waals surface area contributed by atoms with Crippen LogP contribution in [0.4, 0.5) is 0 Å². The molecule has 0 N–H and O–H groups in total. The molecule has 2 aromatic rings. The molecule has 0 bridgehead atoms. The number of benzene rings is 2. The molecule has 0 unspecified atom stereocenters. The van der Waals surface area contributed by atoms with Gasteiger partial charge in [-0.1, -0.05) is 48.5 Å². The van der Waals surface area contributed by atoms with Gasteiger partial charge in [0.2, 0.25) is 0 Å². The molecule has 0 saturated heterocycles. The molecule has 0 aromatic heterocycles. The van der Waals surface area contributed by atoms with Crippen molar-refractivity contribution in [1.82, 2.24) is 0 Å². The van der Waals surface area contributed by atoms with Crippen LogP contribution >= 0.6 is 0 Å². The molecule has 0 aliphatic rings. The summed E-state index contributed by atoms with van der Waals surface area (Å²) in [6, 6.07) is 16.7. The molecule has 2 rings (SSSR count). The van der Waals surface area contributed by atoms with E-state index in [0.717, 1.165) is 0 Å². The van der Waals surface area contributed by atoms with E-state index in [2.05, 4.69) is 48.5 Å². The second kappa shape index (κ2) is 3.66. The van der Waals surface area contributed by atoms with Crippen molar-refractivity contribution in [3.63, 3.8) is 0 Å². The normalized spacial score (nSPS) is 9.09. The van der Waals surface area contributed by atoms with Crippen LogP contribution in [-0.2, 0) is 20.1 Å². The van der Waals surface area contributed by atoms with E-state index in [0.29, 0.717) is 0 Å². The summed E-state index contributed by atoms with van der Waals surface area (Å²) >= 11 is 0. The number of fused-ring (bicyclic) bond motifs is 1. The van der Waals surface area contributed by atoms with E-state index < -0.39 is 0 Å². The molecule has 0 nitrogen and oxygen atoms in total. The maximum absolute atomic E-state index is 2.12. The molecule has 0 amide bonds. The Morgan fingerprint density at radius 2 is 0.818 bits per heavy atom. The molecular weight excluding hydrogens is 312 g/mol. The van der Waals surface area contributed by atoms with Crippen molar-refractivity contribution in [3.8, 4) is 0 Å². The predicted octanol–water partition coefficient (Wildman–Crippen LogP) is 2.84. The van der Waals surface area contributed by atoms with Gasteiger partial charge in [0.05, 0.1) is 0 Å². The first-order valence-electron chi connectivity index (χ1n) is 3.40. The minimum atomic E-state index is 0. The molecule has 0 saturated carbocycles. The van der Waals surface area contributed by atoms with Gasteiger partial charge in [0.25, 0.3) is 0 Å². The van der Waals surface area contributed by atoms with Gasteiger partial charge in [0, 0.05) is 0 Å². The molecule has 54 valence electrons. The summed E-state index contributed by atoms with van der Waals surface area (Å²) in [5.74, 6) is 0. The number of hydrogen-bond acceptors (Lipinski definition) is 0. The van der Waals surface area contributed by atoms with Gasteiger partial charge in [-0.3, -0.25) is 0 Å². The van der Waals surface area contributed by atoms with Crippen molar-refractivity contribution < 1.29 is 20.1 Å². The summed E-state index contributed by atoms with van der Waals surface area (Å²) in [5, 5.41) is 2.62. The Kier molecular flexibility index (Phi) is 2.81. The second-order valence-electron chi connectivity index (χ2n) is 2.35. The largest absolute Gasteiger partial charge is 3.00 e. The van der Waals surface area contributed by atoms with Crippen LogP contribution in [0.2, 0.25) is 0 Å². The van der Waals surface area contributed by atoms with Gasteiger partial charge in [-0.2, -0.15) is 0 Å². The third kappa shape index (κ3) is 1.68. The first-order valence-corrected chi connectivity index (χ1v) is 3.40. The van der Waals surface area contributed by atoms with E-state index >= 15 is 0 Å². The SMILES string of the molecule is [Ir+3].c1ccc2ccccc2c1. The quantitative estimate of drug-likeness (QED) is 0.700. The molecule has 11 heavy (non-hydrogen) atoms. The molecular formula is C10H8Ir+3. The van der Waals surface area contributed by atoms with Gasteiger partial charge in [0.1, 0.15) is 0 Å². The average molecular weight is 320 g/mol. The fourth-order valence-electron chi connectivity index (χ4n) is 1.13. The Morgan fingerprint density at radius 1 is 0.545 bits per heavy atom. The fraction of sp³-hybridized carbons (Fsp3) is 0. The van der Waals surface area contributed by atoms with Crippen LogP contribution < -0.4 is 0 Å². The molecule has 0 radical (unpaired) electrons. The Morgan fingerprint density at radius 3 is 1.09 bits per heavy atom. The standard InChI is InChI=1S/C10H8.Ir/c1-2-6-10-8-4-3-7-9(10)5-1;/h1-8H;/q;+3. The van der Waals surface area contributed by atoms with Gasteiger partial charge >= 0.3 is 20.1 Å². The van der Waals surface area contributed by atoms with Crippen molar-refractivity contribution in [2.24, 2.45) is 0 Å². The van der Waals surface area contributed by atoms with E-state index in [4.69, 9.17) is 0 Å². The van der Waals surface area contributed by atoms with Crippen LogP contribution in [0.3, 0.4) is 0 Å². The van der Waals surface area contributed by atoms with E-state index in [1.807, 2.05) is 0 Å². The van der Waals surface area contributed by atoms with Crippen molar-refractivity contribution in [2.45, 2.75) is 0 Å². The van der Waals surface area contributed by atoms with E-state index in [1.165, 1.54) is 10.8 Å². The van der Waals surface area contributed by atoms with Crippen LogP contribution in [0.25, 0.3) is 10.8 Å².